The molecule has 0 saturated carbocycles. The van der Waals surface area contributed by atoms with Crippen LogP contribution in [0.2, 0.25) is 0 Å². The lowest BCUT2D eigenvalue weighted by molar-refractivity contribution is 0.108. The number of hydrogen-bond donors (Lipinski definition) is 0. The molecule has 14 heavy (non-hydrogen) atoms. The fraction of sp³-hybridized carbons (Fsp3) is 0.100. The summed E-state index contributed by atoms with van der Waals surface area (Å²) in [6.45, 7) is 3.47. The highest BCUT2D eigenvalue weighted by Gasteiger charge is 2.03. The third kappa shape index (κ3) is 3.05. The predicted octanol–water partition coefficient (Wildman–Crippen LogP) is 3.20. The summed E-state index contributed by atoms with van der Waals surface area (Å²) in [5.74, 6) is 0.562. The maximum atomic E-state index is 10.7. The molecule has 0 bridgehead atoms. The fourth-order valence-corrected chi connectivity index (χ4v) is 1.07. The molecule has 0 amide bonds. The Kier molecular flexibility index (Phi) is 3.98. The van der Waals surface area contributed by atoms with E-state index in [1.54, 1.807) is 24.3 Å². The van der Waals surface area contributed by atoms with Crippen molar-refractivity contribution in [2.24, 2.45) is 0 Å². The van der Waals surface area contributed by atoms with Crippen LogP contribution in [0.3, 0.4) is 0 Å². The maximum Gasteiger partial charge on any atom is 0.252 e. The van der Waals surface area contributed by atoms with E-state index in [-0.39, 0.29) is 0 Å². The summed E-state index contributed by atoms with van der Waals surface area (Å²) < 4.78 is 5.19. The first-order chi connectivity index (χ1) is 6.63. The van der Waals surface area contributed by atoms with Gasteiger partial charge in [0.05, 0.1) is 0 Å². The van der Waals surface area contributed by atoms with Crippen LogP contribution >= 0.6 is 23.2 Å². The third-order valence-electron chi connectivity index (χ3n) is 1.52. The van der Waals surface area contributed by atoms with Crippen molar-refractivity contribution in [1.82, 2.24) is 0 Å². The molecule has 1 atom stereocenters. The quantitative estimate of drug-likeness (QED) is 0.451. The fourth-order valence-electron chi connectivity index (χ4n) is 0.843. The van der Waals surface area contributed by atoms with Gasteiger partial charge in [0.15, 0.2) is 5.56 Å². The van der Waals surface area contributed by atoms with Crippen molar-refractivity contribution in [1.29, 1.82) is 0 Å². The van der Waals surface area contributed by atoms with Gasteiger partial charge in [0, 0.05) is 5.56 Å². The lowest BCUT2D eigenvalue weighted by Crippen LogP contribution is -2.03. The smallest absolute Gasteiger partial charge is 0.252 e. The molecule has 0 heterocycles. The van der Waals surface area contributed by atoms with Crippen LogP contribution in [0.1, 0.15) is 10.4 Å². The normalized spacial score (nSPS) is 11.9. The minimum Gasteiger partial charge on any atom is -0.471 e. The van der Waals surface area contributed by atoms with Gasteiger partial charge in [-0.3, -0.25) is 4.79 Å². The number of hydrogen-bond acceptors (Lipinski definition) is 2. The van der Waals surface area contributed by atoms with E-state index in [9.17, 15) is 4.79 Å². The highest BCUT2D eigenvalue weighted by Crippen LogP contribution is 2.16. The van der Waals surface area contributed by atoms with Crippen molar-refractivity contribution in [2.45, 2.75) is 5.56 Å². The van der Waals surface area contributed by atoms with Crippen LogP contribution in [0.25, 0.3) is 0 Å². The average molecular weight is 231 g/mol. The first-order valence-corrected chi connectivity index (χ1v) is 4.68. The number of benzene rings is 1. The molecule has 0 aliphatic carbocycles. The summed E-state index contributed by atoms with van der Waals surface area (Å²) >= 11 is 10.9. The summed E-state index contributed by atoms with van der Waals surface area (Å²) in [6.07, 6.45) is 1.46. The van der Waals surface area contributed by atoms with Gasteiger partial charge in [-0.05, 0) is 41.9 Å². The summed E-state index contributed by atoms with van der Waals surface area (Å²) in [7, 11) is 0. The minimum atomic E-state index is -0.576. The first-order valence-electron chi connectivity index (χ1n) is 3.86. The Bertz CT molecular complexity index is 332. The Balaban J connectivity index is 2.73. The lowest BCUT2D eigenvalue weighted by Gasteiger charge is -2.07. The number of carbonyl (C=O) groups excluding carboxylic acids is 1. The molecule has 0 N–H and O–H groups in total. The van der Waals surface area contributed by atoms with Gasteiger partial charge in [0.1, 0.15) is 5.75 Å². The number of halogens is 2. The molecule has 0 aliphatic rings. The van der Waals surface area contributed by atoms with Gasteiger partial charge in [0.2, 0.25) is 0 Å². The minimum absolute atomic E-state index is 0.420. The molecule has 1 aromatic rings. The summed E-state index contributed by atoms with van der Waals surface area (Å²) in [6, 6.07) is 6.37. The molecule has 0 fully saturated rings. The molecule has 0 aromatic heterocycles. The Morgan fingerprint density at radius 3 is 2.43 bits per heavy atom. The second kappa shape index (κ2) is 5.03. The van der Waals surface area contributed by atoms with Gasteiger partial charge in [-0.25, -0.2) is 0 Å². The maximum absolute atomic E-state index is 10.7. The van der Waals surface area contributed by atoms with Crippen LogP contribution in [0.5, 0.6) is 5.75 Å². The zero-order chi connectivity index (χ0) is 10.6. The van der Waals surface area contributed by atoms with Crippen molar-refractivity contribution in [2.75, 3.05) is 0 Å². The van der Waals surface area contributed by atoms with Crippen molar-refractivity contribution < 1.29 is 9.53 Å². The van der Waals surface area contributed by atoms with E-state index in [1.807, 2.05) is 0 Å². The molecule has 1 rings (SSSR count). The zero-order valence-corrected chi connectivity index (χ0v) is 8.76. The summed E-state index contributed by atoms with van der Waals surface area (Å²) in [5, 5.41) is -0.498. The Morgan fingerprint density at radius 2 is 2.00 bits per heavy atom. The molecule has 0 saturated heterocycles. The van der Waals surface area contributed by atoms with E-state index in [2.05, 4.69) is 6.58 Å². The van der Waals surface area contributed by atoms with Crippen LogP contribution in [0, 0.1) is 0 Å². The molecule has 4 heteroatoms. The summed E-state index contributed by atoms with van der Waals surface area (Å²) in [4.78, 5) is 10.7. The number of alkyl halides is 1. The van der Waals surface area contributed by atoms with Crippen molar-refractivity contribution in [3.05, 3.63) is 42.5 Å². The van der Waals surface area contributed by atoms with Crippen molar-refractivity contribution in [3.8, 4) is 5.75 Å². The van der Waals surface area contributed by atoms with Gasteiger partial charge >= 0.3 is 0 Å². The van der Waals surface area contributed by atoms with Gasteiger partial charge in [0.25, 0.3) is 5.24 Å². The highest BCUT2D eigenvalue weighted by molar-refractivity contribution is 6.67. The second-order valence-electron chi connectivity index (χ2n) is 2.50. The molecule has 2 nitrogen and oxygen atoms in total. The lowest BCUT2D eigenvalue weighted by atomic mass is 10.2. The first kappa shape index (κ1) is 11.1. The molecule has 1 aromatic carbocycles. The van der Waals surface area contributed by atoms with Crippen LogP contribution in [0.4, 0.5) is 0 Å². The second-order valence-corrected chi connectivity index (χ2v) is 3.28. The van der Waals surface area contributed by atoms with Crippen LogP contribution < -0.4 is 4.74 Å². The SMILES string of the molecule is C=CC(Cl)Oc1ccc(C(=O)Cl)cc1. The summed E-state index contributed by atoms with van der Waals surface area (Å²) in [5.41, 5.74) is -0.156. The number of rotatable bonds is 4. The largest absolute Gasteiger partial charge is 0.471 e. The molecular weight excluding hydrogens is 223 g/mol. The monoisotopic (exact) mass is 230 g/mol. The standard InChI is InChI=1S/C10H8Cl2O2/c1-2-9(11)14-8-5-3-7(4-6-8)10(12)13/h2-6,9H,1H2. The van der Waals surface area contributed by atoms with E-state index in [4.69, 9.17) is 27.9 Å². The molecule has 0 aliphatic heterocycles. The zero-order valence-electron chi connectivity index (χ0n) is 7.24. The van der Waals surface area contributed by atoms with Gasteiger partial charge in [-0.2, -0.15) is 0 Å². The van der Waals surface area contributed by atoms with E-state index < -0.39 is 10.8 Å². The molecule has 1 unspecified atom stereocenters. The Labute approximate surface area is 92.1 Å². The van der Waals surface area contributed by atoms with E-state index in [1.165, 1.54) is 6.08 Å². The molecular formula is C10H8Cl2O2. The van der Waals surface area contributed by atoms with Crippen LogP contribution in [-0.2, 0) is 0 Å². The van der Waals surface area contributed by atoms with Crippen molar-refractivity contribution >= 4 is 28.4 Å². The molecule has 0 radical (unpaired) electrons. The van der Waals surface area contributed by atoms with Crippen LogP contribution in [-0.4, -0.2) is 10.8 Å². The van der Waals surface area contributed by atoms with Gasteiger partial charge in [-0.15, -0.1) is 0 Å². The third-order valence-corrected chi connectivity index (χ3v) is 2.00. The topological polar surface area (TPSA) is 26.3 Å². The van der Waals surface area contributed by atoms with Crippen LogP contribution in [0.15, 0.2) is 36.9 Å². The van der Waals surface area contributed by atoms with E-state index >= 15 is 0 Å². The van der Waals surface area contributed by atoms with E-state index in [0.29, 0.717) is 11.3 Å². The van der Waals surface area contributed by atoms with Gasteiger partial charge in [-0.1, -0.05) is 18.2 Å². The van der Waals surface area contributed by atoms with E-state index in [0.717, 1.165) is 0 Å². The number of carbonyl (C=O) groups is 1. The Hall–Kier alpha value is -0.990. The molecule has 0 spiro atoms. The predicted molar refractivity (Wildman–Crippen MR) is 57.1 cm³/mol. The highest BCUT2D eigenvalue weighted by atomic mass is 35.5. The van der Waals surface area contributed by atoms with Crippen molar-refractivity contribution in [3.63, 3.8) is 0 Å². The Morgan fingerprint density at radius 1 is 1.43 bits per heavy atom. The average Bonchev–Trinajstić information content (AvgIpc) is 2.18. The molecule has 74 valence electrons. The van der Waals surface area contributed by atoms with Gasteiger partial charge < -0.3 is 4.74 Å². The number of ether oxygens (including phenoxy) is 1.